The maximum atomic E-state index is 12.3. The molecule has 1 aromatic carbocycles. The maximum Gasteiger partial charge on any atom is 0.265 e. The SMILES string of the molecule is CCc1cc(C(=O)Nc2ccc(N3CCCC3=O)cc2)sc1C. The summed E-state index contributed by atoms with van der Waals surface area (Å²) in [7, 11) is 0. The molecule has 0 radical (unpaired) electrons. The number of aryl methyl sites for hydroxylation is 2. The summed E-state index contributed by atoms with van der Waals surface area (Å²) in [5.41, 5.74) is 2.86. The van der Waals surface area contributed by atoms with Gasteiger partial charge in [-0.2, -0.15) is 0 Å². The minimum atomic E-state index is -0.0807. The lowest BCUT2D eigenvalue weighted by molar-refractivity contribution is -0.117. The van der Waals surface area contributed by atoms with E-state index in [1.807, 2.05) is 37.3 Å². The van der Waals surface area contributed by atoms with Crippen molar-refractivity contribution in [2.24, 2.45) is 0 Å². The van der Waals surface area contributed by atoms with Gasteiger partial charge in [-0.15, -0.1) is 11.3 Å². The van der Waals surface area contributed by atoms with Crippen molar-refractivity contribution in [1.82, 2.24) is 0 Å². The Morgan fingerprint density at radius 3 is 2.61 bits per heavy atom. The van der Waals surface area contributed by atoms with Crippen LogP contribution in [-0.2, 0) is 11.2 Å². The molecule has 0 atom stereocenters. The Kier molecular flexibility index (Phi) is 4.48. The molecule has 0 saturated carbocycles. The topological polar surface area (TPSA) is 49.4 Å². The predicted molar refractivity (Wildman–Crippen MR) is 94.4 cm³/mol. The summed E-state index contributed by atoms with van der Waals surface area (Å²) in [5.74, 6) is 0.0886. The first-order valence-corrected chi connectivity index (χ1v) is 8.71. The van der Waals surface area contributed by atoms with Crippen molar-refractivity contribution in [3.05, 3.63) is 45.6 Å². The van der Waals surface area contributed by atoms with Crippen LogP contribution in [0.1, 0.15) is 39.9 Å². The van der Waals surface area contributed by atoms with Crippen LogP contribution in [0.4, 0.5) is 11.4 Å². The summed E-state index contributed by atoms with van der Waals surface area (Å²) in [4.78, 5) is 27.8. The molecule has 1 N–H and O–H groups in total. The highest BCUT2D eigenvalue weighted by atomic mass is 32.1. The molecule has 4 nitrogen and oxygen atoms in total. The molecule has 5 heteroatoms. The van der Waals surface area contributed by atoms with Gasteiger partial charge in [-0.25, -0.2) is 0 Å². The number of anilines is 2. The molecule has 0 unspecified atom stereocenters. The minimum Gasteiger partial charge on any atom is -0.321 e. The summed E-state index contributed by atoms with van der Waals surface area (Å²) in [6, 6.07) is 9.43. The normalized spacial score (nSPS) is 14.3. The van der Waals surface area contributed by atoms with Gasteiger partial charge in [0.05, 0.1) is 4.88 Å². The Morgan fingerprint density at radius 1 is 1.30 bits per heavy atom. The third-order valence-electron chi connectivity index (χ3n) is 4.14. The fourth-order valence-electron chi connectivity index (χ4n) is 2.82. The molecule has 2 amide bonds. The summed E-state index contributed by atoms with van der Waals surface area (Å²) >= 11 is 1.53. The van der Waals surface area contributed by atoms with Crippen molar-refractivity contribution < 1.29 is 9.59 Å². The Bertz CT molecular complexity index is 734. The van der Waals surface area contributed by atoms with Crippen LogP contribution in [0, 0.1) is 6.92 Å². The molecule has 1 aliphatic heterocycles. The predicted octanol–water partition coefficient (Wildman–Crippen LogP) is 4.00. The van der Waals surface area contributed by atoms with Gasteiger partial charge in [0, 0.05) is 29.2 Å². The Labute approximate surface area is 140 Å². The van der Waals surface area contributed by atoms with Gasteiger partial charge in [-0.05, 0) is 55.7 Å². The average Bonchev–Trinajstić information content (AvgIpc) is 3.14. The highest BCUT2D eigenvalue weighted by Crippen LogP contribution is 2.25. The monoisotopic (exact) mass is 328 g/mol. The van der Waals surface area contributed by atoms with Crippen molar-refractivity contribution in [3.63, 3.8) is 0 Å². The largest absolute Gasteiger partial charge is 0.321 e. The molecule has 1 aliphatic rings. The zero-order valence-electron chi connectivity index (χ0n) is 13.4. The van der Waals surface area contributed by atoms with Crippen LogP contribution in [0.25, 0.3) is 0 Å². The summed E-state index contributed by atoms with van der Waals surface area (Å²) < 4.78 is 0. The second-order valence-corrected chi connectivity index (χ2v) is 6.95. The van der Waals surface area contributed by atoms with E-state index in [2.05, 4.69) is 12.2 Å². The molecule has 23 heavy (non-hydrogen) atoms. The Balaban J connectivity index is 1.70. The molecule has 0 aliphatic carbocycles. The van der Waals surface area contributed by atoms with Crippen LogP contribution in [0.2, 0.25) is 0 Å². The van der Waals surface area contributed by atoms with E-state index in [-0.39, 0.29) is 11.8 Å². The molecule has 3 rings (SSSR count). The van der Waals surface area contributed by atoms with Crippen LogP contribution in [0.3, 0.4) is 0 Å². The van der Waals surface area contributed by atoms with E-state index in [0.717, 1.165) is 35.6 Å². The van der Waals surface area contributed by atoms with Crippen molar-refractivity contribution in [2.45, 2.75) is 33.1 Å². The van der Waals surface area contributed by atoms with Crippen molar-refractivity contribution >= 4 is 34.5 Å². The van der Waals surface area contributed by atoms with Gasteiger partial charge in [0.1, 0.15) is 0 Å². The van der Waals surface area contributed by atoms with Crippen molar-refractivity contribution in [2.75, 3.05) is 16.8 Å². The smallest absolute Gasteiger partial charge is 0.265 e. The summed E-state index contributed by atoms with van der Waals surface area (Å²) in [6.45, 7) is 4.91. The molecule has 0 spiro atoms. The van der Waals surface area contributed by atoms with Crippen LogP contribution in [0.15, 0.2) is 30.3 Å². The Hall–Kier alpha value is -2.14. The van der Waals surface area contributed by atoms with Gasteiger partial charge in [-0.3, -0.25) is 9.59 Å². The molecule has 1 saturated heterocycles. The molecule has 1 aromatic heterocycles. The standard InChI is InChI=1S/C18H20N2O2S/c1-3-13-11-16(23-12(13)2)18(22)19-14-6-8-15(9-7-14)20-10-4-5-17(20)21/h6-9,11H,3-5,10H2,1-2H3,(H,19,22). The first-order valence-electron chi connectivity index (χ1n) is 7.89. The lowest BCUT2D eigenvalue weighted by Crippen LogP contribution is -2.23. The van der Waals surface area contributed by atoms with E-state index >= 15 is 0 Å². The van der Waals surface area contributed by atoms with E-state index in [0.29, 0.717) is 6.42 Å². The molecule has 2 aromatic rings. The second kappa shape index (κ2) is 6.54. The Morgan fingerprint density at radius 2 is 2.04 bits per heavy atom. The van der Waals surface area contributed by atoms with Crippen LogP contribution < -0.4 is 10.2 Å². The van der Waals surface area contributed by atoms with Crippen LogP contribution in [-0.4, -0.2) is 18.4 Å². The molecule has 120 valence electrons. The number of benzene rings is 1. The highest BCUT2D eigenvalue weighted by Gasteiger charge is 2.21. The highest BCUT2D eigenvalue weighted by molar-refractivity contribution is 7.14. The zero-order chi connectivity index (χ0) is 16.4. The average molecular weight is 328 g/mol. The fourth-order valence-corrected chi connectivity index (χ4v) is 3.83. The van der Waals surface area contributed by atoms with Crippen molar-refractivity contribution in [1.29, 1.82) is 0 Å². The van der Waals surface area contributed by atoms with Gasteiger partial charge >= 0.3 is 0 Å². The van der Waals surface area contributed by atoms with E-state index < -0.39 is 0 Å². The first kappa shape index (κ1) is 15.7. The van der Waals surface area contributed by atoms with Gasteiger partial charge < -0.3 is 10.2 Å². The number of nitrogens with one attached hydrogen (secondary N) is 1. The minimum absolute atomic E-state index is 0.0807. The number of carbonyl (C=O) groups excluding carboxylic acids is 2. The second-order valence-electron chi connectivity index (χ2n) is 5.70. The molecule has 0 bridgehead atoms. The number of rotatable bonds is 4. The van der Waals surface area contributed by atoms with Gasteiger partial charge in [0.2, 0.25) is 5.91 Å². The lowest BCUT2D eigenvalue weighted by atomic mass is 10.2. The molecule has 1 fully saturated rings. The number of hydrogen-bond acceptors (Lipinski definition) is 3. The number of amides is 2. The number of hydrogen-bond donors (Lipinski definition) is 1. The van der Waals surface area contributed by atoms with Crippen LogP contribution in [0.5, 0.6) is 0 Å². The third kappa shape index (κ3) is 3.29. The molecular formula is C18H20N2O2S. The number of nitrogens with zero attached hydrogens (tertiary/aromatic N) is 1. The van der Waals surface area contributed by atoms with Crippen LogP contribution >= 0.6 is 11.3 Å². The number of carbonyl (C=O) groups is 2. The third-order valence-corrected chi connectivity index (χ3v) is 5.23. The number of thiophene rings is 1. The first-order chi connectivity index (χ1) is 11.1. The van der Waals surface area contributed by atoms with E-state index in [4.69, 9.17) is 0 Å². The summed E-state index contributed by atoms with van der Waals surface area (Å²) in [6.07, 6.45) is 2.47. The zero-order valence-corrected chi connectivity index (χ0v) is 14.2. The van der Waals surface area contributed by atoms with E-state index in [1.165, 1.54) is 21.8 Å². The maximum absolute atomic E-state index is 12.3. The quantitative estimate of drug-likeness (QED) is 0.922. The molecule has 2 heterocycles. The summed E-state index contributed by atoms with van der Waals surface area (Å²) in [5, 5.41) is 2.92. The lowest BCUT2D eigenvalue weighted by Gasteiger charge is -2.16. The molecular weight excluding hydrogens is 308 g/mol. The van der Waals surface area contributed by atoms with Gasteiger partial charge in [0.15, 0.2) is 0 Å². The fraction of sp³-hybridized carbons (Fsp3) is 0.333. The van der Waals surface area contributed by atoms with E-state index in [1.54, 1.807) is 4.90 Å². The van der Waals surface area contributed by atoms with Crippen molar-refractivity contribution in [3.8, 4) is 0 Å². The van der Waals surface area contributed by atoms with Gasteiger partial charge in [0.25, 0.3) is 5.91 Å². The van der Waals surface area contributed by atoms with Gasteiger partial charge in [-0.1, -0.05) is 6.92 Å². The van der Waals surface area contributed by atoms with E-state index in [9.17, 15) is 9.59 Å².